The van der Waals surface area contributed by atoms with Crippen molar-refractivity contribution in [1.82, 2.24) is 10.2 Å². The van der Waals surface area contributed by atoms with Crippen LogP contribution in [0.1, 0.15) is 19.3 Å². The summed E-state index contributed by atoms with van der Waals surface area (Å²) in [6, 6.07) is -0.0738. The van der Waals surface area contributed by atoms with Gasteiger partial charge in [0, 0.05) is 26.6 Å². The normalized spacial score (nSPS) is 19.4. The zero-order valence-electron chi connectivity index (χ0n) is 9.44. The molecule has 1 fully saturated rings. The maximum atomic E-state index is 11.6. The average Bonchev–Trinajstić information content (AvgIpc) is 2.69. The highest BCUT2D eigenvalue weighted by Gasteiger charge is 2.19. The van der Waals surface area contributed by atoms with E-state index in [4.69, 9.17) is 9.84 Å². The van der Waals surface area contributed by atoms with E-state index in [0.717, 1.165) is 6.42 Å². The fourth-order valence-electron chi connectivity index (χ4n) is 1.50. The highest BCUT2D eigenvalue weighted by molar-refractivity contribution is 5.74. The van der Waals surface area contributed by atoms with Gasteiger partial charge in [-0.1, -0.05) is 0 Å². The third-order valence-electron chi connectivity index (χ3n) is 2.49. The molecule has 2 amide bonds. The molecule has 1 atom stereocenters. The summed E-state index contributed by atoms with van der Waals surface area (Å²) in [5.41, 5.74) is 0. The van der Waals surface area contributed by atoms with Gasteiger partial charge in [-0.3, -0.25) is 4.79 Å². The van der Waals surface area contributed by atoms with Gasteiger partial charge in [0.05, 0.1) is 12.6 Å². The van der Waals surface area contributed by atoms with E-state index < -0.39 is 5.97 Å². The molecule has 92 valence electrons. The van der Waals surface area contributed by atoms with Crippen LogP contribution in [-0.2, 0) is 9.53 Å². The number of amides is 2. The van der Waals surface area contributed by atoms with Crippen LogP contribution in [0.5, 0.6) is 0 Å². The van der Waals surface area contributed by atoms with Crippen molar-refractivity contribution in [3.05, 3.63) is 0 Å². The van der Waals surface area contributed by atoms with Gasteiger partial charge in [-0.25, -0.2) is 4.79 Å². The Bertz CT molecular complexity index is 251. The SMILES string of the molecule is CN(CCCC(=O)O)C(=O)NC1CCOC1. The standard InChI is InChI=1S/C10H18N2O4/c1-12(5-2-3-9(13)14)10(15)11-8-4-6-16-7-8/h8H,2-7H2,1H3,(H,11,15)(H,13,14). The van der Waals surface area contributed by atoms with Gasteiger partial charge in [0.25, 0.3) is 0 Å². The van der Waals surface area contributed by atoms with Gasteiger partial charge in [0.15, 0.2) is 0 Å². The van der Waals surface area contributed by atoms with E-state index >= 15 is 0 Å². The minimum Gasteiger partial charge on any atom is -0.481 e. The molecule has 1 heterocycles. The summed E-state index contributed by atoms with van der Waals surface area (Å²) in [5, 5.41) is 11.3. The van der Waals surface area contributed by atoms with Crippen molar-refractivity contribution in [3.63, 3.8) is 0 Å². The molecule has 2 N–H and O–H groups in total. The first-order chi connectivity index (χ1) is 7.59. The summed E-state index contributed by atoms with van der Waals surface area (Å²) in [4.78, 5) is 23.4. The van der Waals surface area contributed by atoms with Crippen LogP contribution in [0.2, 0.25) is 0 Å². The van der Waals surface area contributed by atoms with Crippen LogP contribution in [-0.4, -0.2) is 54.9 Å². The largest absolute Gasteiger partial charge is 0.481 e. The second-order valence-corrected chi connectivity index (χ2v) is 3.93. The Morgan fingerprint density at radius 3 is 2.88 bits per heavy atom. The maximum Gasteiger partial charge on any atom is 0.317 e. The van der Waals surface area contributed by atoms with E-state index in [2.05, 4.69) is 5.32 Å². The smallest absolute Gasteiger partial charge is 0.317 e. The molecular formula is C10H18N2O4. The maximum absolute atomic E-state index is 11.6. The summed E-state index contributed by atoms with van der Waals surface area (Å²) in [7, 11) is 1.66. The van der Waals surface area contributed by atoms with Crippen molar-refractivity contribution in [2.45, 2.75) is 25.3 Å². The Kier molecular flexibility index (Phi) is 5.04. The van der Waals surface area contributed by atoms with Crippen LogP contribution < -0.4 is 5.32 Å². The molecule has 0 bridgehead atoms. The number of ether oxygens (including phenoxy) is 1. The number of carbonyl (C=O) groups is 2. The predicted molar refractivity (Wildman–Crippen MR) is 57.3 cm³/mol. The van der Waals surface area contributed by atoms with E-state index in [1.807, 2.05) is 0 Å². The Morgan fingerprint density at radius 2 is 2.31 bits per heavy atom. The van der Waals surface area contributed by atoms with Gasteiger partial charge < -0.3 is 20.1 Å². The molecule has 1 aliphatic heterocycles. The number of carboxylic acid groups (broad SMARTS) is 1. The van der Waals surface area contributed by atoms with Crippen molar-refractivity contribution in [1.29, 1.82) is 0 Å². The first-order valence-corrected chi connectivity index (χ1v) is 5.40. The Labute approximate surface area is 94.6 Å². The number of carboxylic acids is 1. The van der Waals surface area contributed by atoms with Crippen molar-refractivity contribution in [2.24, 2.45) is 0 Å². The topological polar surface area (TPSA) is 78.9 Å². The summed E-state index contributed by atoms with van der Waals surface area (Å²) in [6.45, 7) is 1.70. The number of nitrogens with one attached hydrogen (secondary N) is 1. The van der Waals surface area contributed by atoms with Gasteiger partial charge >= 0.3 is 12.0 Å². The lowest BCUT2D eigenvalue weighted by Gasteiger charge is -2.19. The van der Waals surface area contributed by atoms with Crippen LogP contribution in [0, 0.1) is 0 Å². The quantitative estimate of drug-likeness (QED) is 0.711. The van der Waals surface area contributed by atoms with Gasteiger partial charge in [-0.15, -0.1) is 0 Å². The van der Waals surface area contributed by atoms with Crippen LogP contribution in [0.3, 0.4) is 0 Å². The number of nitrogens with zero attached hydrogens (tertiary/aromatic N) is 1. The number of hydrogen-bond acceptors (Lipinski definition) is 3. The summed E-state index contributed by atoms with van der Waals surface area (Å²) >= 11 is 0. The minimum atomic E-state index is -0.835. The molecule has 1 unspecified atom stereocenters. The molecule has 0 aromatic heterocycles. The monoisotopic (exact) mass is 230 g/mol. The second-order valence-electron chi connectivity index (χ2n) is 3.93. The molecule has 1 aliphatic rings. The number of carbonyl (C=O) groups excluding carboxylic acids is 1. The summed E-state index contributed by atoms with van der Waals surface area (Å²) in [5.74, 6) is -0.835. The molecule has 0 radical (unpaired) electrons. The zero-order valence-corrected chi connectivity index (χ0v) is 9.44. The molecular weight excluding hydrogens is 212 g/mol. The Morgan fingerprint density at radius 1 is 1.56 bits per heavy atom. The van der Waals surface area contributed by atoms with E-state index in [1.54, 1.807) is 7.05 Å². The van der Waals surface area contributed by atoms with Crippen LogP contribution in [0.15, 0.2) is 0 Å². The second kappa shape index (κ2) is 6.32. The molecule has 0 spiro atoms. The highest BCUT2D eigenvalue weighted by atomic mass is 16.5. The van der Waals surface area contributed by atoms with Crippen LogP contribution in [0.4, 0.5) is 4.79 Å². The Hall–Kier alpha value is -1.30. The predicted octanol–water partition coefficient (Wildman–Crippen LogP) is 0.281. The van der Waals surface area contributed by atoms with Crippen molar-refractivity contribution < 1.29 is 19.4 Å². The van der Waals surface area contributed by atoms with Gasteiger partial charge in [0.2, 0.25) is 0 Å². The fraction of sp³-hybridized carbons (Fsp3) is 0.800. The van der Waals surface area contributed by atoms with Gasteiger partial charge in [-0.2, -0.15) is 0 Å². The lowest BCUT2D eigenvalue weighted by Crippen LogP contribution is -2.43. The van der Waals surface area contributed by atoms with E-state index in [0.29, 0.717) is 26.2 Å². The molecule has 16 heavy (non-hydrogen) atoms. The lowest BCUT2D eigenvalue weighted by molar-refractivity contribution is -0.137. The lowest BCUT2D eigenvalue weighted by atomic mass is 10.2. The van der Waals surface area contributed by atoms with Crippen LogP contribution >= 0.6 is 0 Å². The molecule has 0 aromatic carbocycles. The number of urea groups is 1. The van der Waals surface area contributed by atoms with Gasteiger partial charge in [-0.05, 0) is 12.8 Å². The molecule has 1 rings (SSSR count). The van der Waals surface area contributed by atoms with Crippen LogP contribution in [0.25, 0.3) is 0 Å². The third kappa shape index (κ3) is 4.48. The first-order valence-electron chi connectivity index (χ1n) is 5.40. The van der Waals surface area contributed by atoms with Crippen molar-refractivity contribution in [2.75, 3.05) is 26.8 Å². The molecule has 0 aromatic rings. The van der Waals surface area contributed by atoms with Crippen molar-refractivity contribution >= 4 is 12.0 Å². The highest BCUT2D eigenvalue weighted by Crippen LogP contribution is 2.04. The molecule has 6 nitrogen and oxygen atoms in total. The number of hydrogen-bond donors (Lipinski definition) is 2. The zero-order chi connectivity index (χ0) is 12.0. The summed E-state index contributed by atoms with van der Waals surface area (Å²) in [6.07, 6.45) is 1.40. The number of aliphatic carboxylic acids is 1. The molecule has 0 aliphatic carbocycles. The number of rotatable bonds is 5. The molecule has 6 heteroatoms. The average molecular weight is 230 g/mol. The van der Waals surface area contributed by atoms with Crippen molar-refractivity contribution in [3.8, 4) is 0 Å². The Balaban J connectivity index is 2.16. The van der Waals surface area contributed by atoms with E-state index in [9.17, 15) is 9.59 Å². The molecule has 0 saturated carbocycles. The summed E-state index contributed by atoms with van der Waals surface area (Å²) < 4.78 is 5.14. The minimum absolute atomic E-state index is 0.0875. The first kappa shape index (κ1) is 12.8. The van der Waals surface area contributed by atoms with E-state index in [1.165, 1.54) is 4.90 Å². The van der Waals surface area contributed by atoms with E-state index in [-0.39, 0.29) is 18.5 Å². The fourth-order valence-corrected chi connectivity index (χ4v) is 1.50. The third-order valence-corrected chi connectivity index (χ3v) is 2.49. The van der Waals surface area contributed by atoms with Gasteiger partial charge in [0.1, 0.15) is 0 Å². The molecule has 1 saturated heterocycles.